The lowest BCUT2D eigenvalue weighted by molar-refractivity contribution is 0.103. The van der Waals surface area contributed by atoms with E-state index >= 15 is 0 Å². The molecular formula is C16H17NO2S. The molecule has 3 rings (SSSR count). The molecule has 2 N–H and O–H groups in total. The molecule has 1 heterocycles. The molecule has 1 amide bonds. The van der Waals surface area contributed by atoms with Crippen molar-refractivity contribution < 1.29 is 9.90 Å². The van der Waals surface area contributed by atoms with Crippen LogP contribution in [0.5, 0.6) is 5.75 Å². The first kappa shape index (κ1) is 13.2. The fourth-order valence-electron chi connectivity index (χ4n) is 2.54. The average Bonchev–Trinajstić information content (AvgIpc) is 2.73. The van der Waals surface area contributed by atoms with Crippen molar-refractivity contribution in [2.75, 3.05) is 5.32 Å². The van der Waals surface area contributed by atoms with Gasteiger partial charge in [-0.05, 0) is 49.4 Å². The molecule has 1 aliphatic carbocycles. The first-order valence-electron chi connectivity index (χ1n) is 6.95. The van der Waals surface area contributed by atoms with Crippen molar-refractivity contribution in [1.82, 2.24) is 0 Å². The number of fused-ring (bicyclic) bond motifs is 1. The fourth-order valence-corrected chi connectivity index (χ4v) is 3.69. The van der Waals surface area contributed by atoms with E-state index in [4.69, 9.17) is 0 Å². The maximum Gasteiger partial charge on any atom is 0.265 e. The molecule has 0 spiro atoms. The van der Waals surface area contributed by atoms with Crippen molar-refractivity contribution in [3.05, 3.63) is 45.6 Å². The topological polar surface area (TPSA) is 49.3 Å². The van der Waals surface area contributed by atoms with E-state index < -0.39 is 0 Å². The van der Waals surface area contributed by atoms with Crippen molar-refractivity contribution in [2.24, 2.45) is 0 Å². The Bertz CT molecular complexity index is 610. The quantitative estimate of drug-likeness (QED) is 0.648. The molecule has 0 aliphatic heterocycles. The zero-order chi connectivity index (χ0) is 13.9. The number of phenols is 1. The summed E-state index contributed by atoms with van der Waals surface area (Å²) in [6, 6.07) is 8.81. The molecule has 4 heteroatoms. The molecule has 0 bridgehead atoms. The molecule has 20 heavy (non-hydrogen) atoms. The molecule has 1 aromatic carbocycles. The van der Waals surface area contributed by atoms with Gasteiger partial charge in [0, 0.05) is 4.88 Å². The van der Waals surface area contributed by atoms with E-state index in [1.165, 1.54) is 29.7 Å². The zero-order valence-corrected chi connectivity index (χ0v) is 12.0. The predicted molar refractivity (Wildman–Crippen MR) is 81.6 cm³/mol. The SMILES string of the molecule is O=C(Nc1ccccc1O)c1cc2c(s1)CCCCC2. The summed E-state index contributed by atoms with van der Waals surface area (Å²) in [5, 5.41) is 12.5. The Morgan fingerprint density at radius 2 is 1.95 bits per heavy atom. The molecule has 0 saturated heterocycles. The van der Waals surface area contributed by atoms with E-state index in [1.807, 2.05) is 6.07 Å². The van der Waals surface area contributed by atoms with Crippen molar-refractivity contribution in [2.45, 2.75) is 32.1 Å². The lowest BCUT2D eigenvalue weighted by atomic mass is 10.1. The molecule has 3 nitrogen and oxygen atoms in total. The highest BCUT2D eigenvalue weighted by Gasteiger charge is 2.17. The van der Waals surface area contributed by atoms with Crippen LogP contribution in [-0.2, 0) is 12.8 Å². The van der Waals surface area contributed by atoms with Gasteiger partial charge in [-0.1, -0.05) is 18.6 Å². The highest BCUT2D eigenvalue weighted by atomic mass is 32.1. The van der Waals surface area contributed by atoms with Gasteiger partial charge in [-0.2, -0.15) is 0 Å². The van der Waals surface area contributed by atoms with Crippen LogP contribution < -0.4 is 5.32 Å². The number of hydrogen-bond acceptors (Lipinski definition) is 3. The molecule has 0 unspecified atom stereocenters. The van der Waals surface area contributed by atoms with Crippen LogP contribution in [0.25, 0.3) is 0 Å². The summed E-state index contributed by atoms with van der Waals surface area (Å²) in [6.07, 6.45) is 5.87. The average molecular weight is 287 g/mol. The molecule has 0 atom stereocenters. The third-order valence-corrected chi connectivity index (χ3v) is 4.86. The summed E-state index contributed by atoms with van der Waals surface area (Å²) >= 11 is 1.59. The molecule has 0 saturated carbocycles. The number of aromatic hydroxyl groups is 1. The Morgan fingerprint density at radius 1 is 1.15 bits per heavy atom. The second-order valence-corrected chi connectivity index (χ2v) is 6.23. The number of thiophene rings is 1. The number of nitrogens with one attached hydrogen (secondary N) is 1. The van der Waals surface area contributed by atoms with E-state index in [0.29, 0.717) is 5.69 Å². The van der Waals surface area contributed by atoms with Crippen LogP contribution in [0, 0.1) is 0 Å². The molecule has 1 aromatic heterocycles. The van der Waals surface area contributed by atoms with Gasteiger partial charge >= 0.3 is 0 Å². The third kappa shape index (κ3) is 2.70. The molecule has 104 valence electrons. The highest BCUT2D eigenvalue weighted by molar-refractivity contribution is 7.14. The van der Waals surface area contributed by atoms with Gasteiger partial charge in [-0.25, -0.2) is 0 Å². The van der Waals surface area contributed by atoms with Gasteiger partial charge in [0.25, 0.3) is 5.91 Å². The van der Waals surface area contributed by atoms with Gasteiger partial charge in [0.1, 0.15) is 5.75 Å². The summed E-state index contributed by atoms with van der Waals surface area (Å²) in [7, 11) is 0. The number of para-hydroxylation sites is 2. The number of aryl methyl sites for hydroxylation is 2. The normalized spacial score (nSPS) is 14.4. The number of anilines is 1. The maximum atomic E-state index is 12.3. The second kappa shape index (κ2) is 5.67. The Morgan fingerprint density at radius 3 is 2.80 bits per heavy atom. The second-order valence-electron chi connectivity index (χ2n) is 5.09. The number of phenolic OH excluding ortho intramolecular Hbond substituents is 1. The van der Waals surface area contributed by atoms with E-state index in [2.05, 4.69) is 5.32 Å². The van der Waals surface area contributed by atoms with Crippen molar-refractivity contribution >= 4 is 22.9 Å². The molecule has 1 aliphatic rings. The van der Waals surface area contributed by atoms with Gasteiger partial charge < -0.3 is 10.4 Å². The smallest absolute Gasteiger partial charge is 0.265 e. The third-order valence-electron chi connectivity index (χ3n) is 3.62. The van der Waals surface area contributed by atoms with Gasteiger partial charge in [-0.3, -0.25) is 4.79 Å². The molecular weight excluding hydrogens is 270 g/mol. The lowest BCUT2D eigenvalue weighted by Gasteiger charge is -2.05. The highest BCUT2D eigenvalue weighted by Crippen LogP contribution is 2.30. The first-order chi connectivity index (χ1) is 9.74. The van der Waals surface area contributed by atoms with Gasteiger partial charge in [-0.15, -0.1) is 11.3 Å². The Hall–Kier alpha value is -1.81. The van der Waals surface area contributed by atoms with Crippen LogP contribution in [0.4, 0.5) is 5.69 Å². The standard InChI is InChI=1S/C16H17NO2S/c18-13-8-5-4-7-12(13)17-16(19)15-10-11-6-2-1-3-9-14(11)20-15/h4-5,7-8,10,18H,1-3,6,9H2,(H,17,19). The van der Waals surface area contributed by atoms with Crippen molar-refractivity contribution in [1.29, 1.82) is 0 Å². The summed E-state index contributed by atoms with van der Waals surface area (Å²) < 4.78 is 0. The number of carbonyl (C=O) groups is 1. The maximum absolute atomic E-state index is 12.3. The van der Waals surface area contributed by atoms with Crippen LogP contribution in [0.1, 0.15) is 39.4 Å². The summed E-state index contributed by atoms with van der Waals surface area (Å²) in [5.41, 5.74) is 1.79. The largest absolute Gasteiger partial charge is 0.506 e. The minimum atomic E-state index is -0.135. The van der Waals surface area contributed by atoms with Gasteiger partial charge in [0.15, 0.2) is 0 Å². The Balaban J connectivity index is 1.79. The van der Waals surface area contributed by atoms with E-state index in [-0.39, 0.29) is 11.7 Å². The number of benzene rings is 1. The zero-order valence-electron chi connectivity index (χ0n) is 11.2. The molecule has 0 fully saturated rings. The number of hydrogen-bond donors (Lipinski definition) is 2. The van der Waals surface area contributed by atoms with E-state index in [9.17, 15) is 9.90 Å². The van der Waals surface area contributed by atoms with E-state index in [1.54, 1.807) is 35.6 Å². The van der Waals surface area contributed by atoms with Crippen LogP contribution in [-0.4, -0.2) is 11.0 Å². The van der Waals surface area contributed by atoms with Crippen LogP contribution in [0.15, 0.2) is 30.3 Å². The Kier molecular flexibility index (Phi) is 3.74. The fraction of sp³-hybridized carbons (Fsp3) is 0.312. The number of carbonyl (C=O) groups excluding carboxylic acids is 1. The van der Waals surface area contributed by atoms with Crippen LogP contribution in [0.2, 0.25) is 0 Å². The molecule has 2 aromatic rings. The minimum Gasteiger partial charge on any atom is -0.506 e. The summed E-state index contributed by atoms with van der Waals surface area (Å²) in [4.78, 5) is 14.3. The van der Waals surface area contributed by atoms with Gasteiger partial charge in [0.05, 0.1) is 10.6 Å². The lowest BCUT2D eigenvalue weighted by Crippen LogP contribution is -2.10. The number of amides is 1. The number of rotatable bonds is 2. The monoisotopic (exact) mass is 287 g/mol. The summed E-state index contributed by atoms with van der Waals surface area (Å²) in [5.74, 6) is -0.0384. The predicted octanol–water partition coefficient (Wildman–Crippen LogP) is 3.97. The van der Waals surface area contributed by atoms with Crippen LogP contribution >= 0.6 is 11.3 Å². The first-order valence-corrected chi connectivity index (χ1v) is 7.76. The Labute approximate surface area is 122 Å². The van der Waals surface area contributed by atoms with Crippen molar-refractivity contribution in [3.8, 4) is 5.75 Å². The molecule has 0 radical (unpaired) electrons. The van der Waals surface area contributed by atoms with Crippen LogP contribution in [0.3, 0.4) is 0 Å². The van der Waals surface area contributed by atoms with E-state index in [0.717, 1.165) is 17.7 Å². The van der Waals surface area contributed by atoms with Gasteiger partial charge in [0.2, 0.25) is 0 Å². The van der Waals surface area contributed by atoms with Crippen molar-refractivity contribution in [3.63, 3.8) is 0 Å². The summed E-state index contributed by atoms with van der Waals surface area (Å²) in [6.45, 7) is 0. The minimum absolute atomic E-state index is 0.0963.